The van der Waals surface area contributed by atoms with Gasteiger partial charge >= 0.3 is 0 Å². The summed E-state index contributed by atoms with van der Waals surface area (Å²) in [7, 11) is 4.74. The summed E-state index contributed by atoms with van der Waals surface area (Å²) >= 11 is 0. The lowest BCUT2D eigenvalue weighted by Gasteiger charge is -2.63. The van der Waals surface area contributed by atoms with Crippen molar-refractivity contribution in [3.05, 3.63) is 0 Å². The molecule has 0 radical (unpaired) electrons. The zero-order valence-electron chi connectivity index (χ0n) is 15.4. The summed E-state index contributed by atoms with van der Waals surface area (Å²) in [5, 5.41) is 0. The molecule has 7 atom stereocenters. The van der Waals surface area contributed by atoms with Crippen LogP contribution in [0.25, 0.3) is 0 Å². The molecule has 0 aromatic heterocycles. The molecule has 0 bridgehead atoms. The third-order valence-electron chi connectivity index (χ3n) is 8.95. The maximum Gasteiger partial charge on any atom is 0.0131 e. The zero-order valence-corrected chi connectivity index (χ0v) is 15.4. The molecule has 0 heterocycles. The van der Waals surface area contributed by atoms with Crippen molar-refractivity contribution in [2.45, 2.75) is 84.1 Å². The first-order valence-electron chi connectivity index (χ1n) is 10.1. The maximum atomic E-state index is 2.71. The van der Waals surface area contributed by atoms with E-state index in [9.17, 15) is 0 Å². The third-order valence-corrected chi connectivity index (χ3v) is 8.95. The molecule has 4 rings (SSSR count). The Hall–Kier alpha value is -0.0400. The second-order valence-electron chi connectivity index (χ2n) is 10.1. The number of hydrogen-bond donors (Lipinski definition) is 0. The second-order valence-corrected chi connectivity index (χ2v) is 10.1. The molecular weight excluding hydrogens is 266 g/mol. The van der Waals surface area contributed by atoms with E-state index in [0.717, 1.165) is 29.7 Å². The first-order chi connectivity index (χ1) is 10.5. The number of rotatable bonds is 1. The standard InChI is InChI=1S/C21H37N/c1-20-12-7-9-17(20)16-11-10-15-8-5-6-13-21(15,2)19(16)18(14-20)22(3)4/h15-19H,5-14H2,1-4H3/t15?,16-,17-,18?,19+,20-,21-/m0/s1. The fourth-order valence-corrected chi connectivity index (χ4v) is 7.93. The fraction of sp³-hybridized carbons (Fsp3) is 1.00. The van der Waals surface area contributed by atoms with Crippen molar-refractivity contribution in [3.63, 3.8) is 0 Å². The normalized spacial score (nSPS) is 54.7. The SMILES string of the molecule is CN(C)C1C[C@]2(C)CCC[C@H]2[C@@H]2CCC3CCCC[C@]3(C)[C@@H]12. The van der Waals surface area contributed by atoms with Gasteiger partial charge in [0.2, 0.25) is 0 Å². The Morgan fingerprint density at radius 2 is 1.68 bits per heavy atom. The summed E-state index contributed by atoms with van der Waals surface area (Å²) in [6, 6.07) is 0.843. The minimum atomic E-state index is 0.653. The maximum absolute atomic E-state index is 2.71. The van der Waals surface area contributed by atoms with Gasteiger partial charge in [-0.15, -0.1) is 0 Å². The van der Waals surface area contributed by atoms with Crippen LogP contribution in [-0.4, -0.2) is 25.0 Å². The summed E-state index contributed by atoms with van der Waals surface area (Å²) in [4.78, 5) is 2.62. The molecule has 1 heteroatoms. The van der Waals surface area contributed by atoms with E-state index in [-0.39, 0.29) is 0 Å². The van der Waals surface area contributed by atoms with Gasteiger partial charge in [-0.2, -0.15) is 0 Å². The Morgan fingerprint density at radius 3 is 2.45 bits per heavy atom. The van der Waals surface area contributed by atoms with Gasteiger partial charge in [0.05, 0.1) is 0 Å². The molecule has 4 aliphatic carbocycles. The lowest BCUT2D eigenvalue weighted by molar-refractivity contribution is -0.138. The molecule has 1 nitrogen and oxygen atoms in total. The Balaban J connectivity index is 1.73. The molecular formula is C21H37N. The Kier molecular flexibility index (Phi) is 3.68. The van der Waals surface area contributed by atoms with E-state index in [2.05, 4.69) is 32.8 Å². The van der Waals surface area contributed by atoms with Gasteiger partial charge in [0, 0.05) is 6.04 Å². The highest BCUT2D eigenvalue weighted by Crippen LogP contribution is 2.66. The lowest BCUT2D eigenvalue weighted by atomic mass is 9.44. The Morgan fingerprint density at radius 1 is 0.864 bits per heavy atom. The zero-order chi connectivity index (χ0) is 15.5. The lowest BCUT2D eigenvalue weighted by Crippen LogP contribution is -2.60. The van der Waals surface area contributed by atoms with Gasteiger partial charge in [-0.3, -0.25) is 0 Å². The van der Waals surface area contributed by atoms with Crippen LogP contribution in [0.3, 0.4) is 0 Å². The summed E-state index contributed by atoms with van der Waals surface area (Å²) in [6.45, 7) is 5.36. The third kappa shape index (κ3) is 2.06. The first kappa shape index (κ1) is 15.5. The molecule has 4 saturated carbocycles. The molecule has 4 fully saturated rings. The minimum Gasteiger partial charge on any atom is -0.306 e. The van der Waals surface area contributed by atoms with Crippen LogP contribution in [0.2, 0.25) is 0 Å². The van der Waals surface area contributed by atoms with Crippen LogP contribution in [-0.2, 0) is 0 Å². The largest absolute Gasteiger partial charge is 0.306 e. The van der Waals surface area contributed by atoms with Gasteiger partial charge in [0.15, 0.2) is 0 Å². The number of nitrogens with zero attached hydrogens (tertiary/aromatic N) is 1. The summed E-state index contributed by atoms with van der Waals surface area (Å²) in [6.07, 6.45) is 15.2. The molecule has 0 aromatic rings. The van der Waals surface area contributed by atoms with Gasteiger partial charge in [0.1, 0.15) is 0 Å². The average Bonchev–Trinajstić information content (AvgIpc) is 2.87. The van der Waals surface area contributed by atoms with Gasteiger partial charge < -0.3 is 4.90 Å². The first-order valence-corrected chi connectivity index (χ1v) is 10.1. The van der Waals surface area contributed by atoms with Gasteiger partial charge in [-0.25, -0.2) is 0 Å². The Bertz CT molecular complexity index is 430. The molecule has 4 aliphatic rings. The predicted molar refractivity (Wildman–Crippen MR) is 93.8 cm³/mol. The van der Waals surface area contributed by atoms with Crippen molar-refractivity contribution < 1.29 is 0 Å². The molecule has 0 spiro atoms. The van der Waals surface area contributed by atoms with E-state index >= 15 is 0 Å². The van der Waals surface area contributed by atoms with Crippen LogP contribution in [0.1, 0.15) is 78.1 Å². The van der Waals surface area contributed by atoms with Crippen molar-refractivity contribution in [1.82, 2.24) is 4.90 Å². The predicted octanol–water partition coefficient (Wildman–Crippen LogP) is 5.35. The number of hydrogen-bond acceptors (Lipinski definition) is 1. The van der Waals surface area contributed by atoms with Crippen LogP contribution < -0.4 is 0 Å². The van der Waals surface area contributed by atoms with Crippen LogP contribution in [0, 0.1) is 34.5 Å². The van der Waals surface area contributed by atoms with Crippen molar-refractivity contribution in [3.8, 4) is 0 Å². The van der Waals surface area contributed by atoms with Crippen LogP contribution in [0.5, 0.6) is 0 Å². The minimum absolute atomic E-state index is 0.653. The van der Waals surface area contributed by atoms with E-state index in [0.29, 0.717) is 10.8 Å². The van der Waals surface area contributed by atoms with E-state index in [4.69, 9.17) is 0 Å². The van der Waals surface area contributed by atoms with Gasteiger partial charge in [-0.05, 0) is 93.5 Å². The van der Waals surface area contributed by atoms with Crippen molar-refractivity contribution in [1.29, 1.82) is 0 Å². The highest BCUT2D eigenvalue weighted by atomic mass is 15.1. The van der Waals surface area contributed by atoms with E-state index in [1.165, 1.54) is 44.9 Å². The molecule has 0 saturated heterocycles. The molecule has 0 N–H and O–H groups in total. The van der Waals surface area contributed by atoms with Crippen molar-refractivity contribution in [2.24, 2.45) is 34.5 Å². The summed E-state index contributed by atoms with van der Waals surface area (Å²) in [5.74, 6) is 4.11. The van der Waals surface area contributed by atoms with Crippen LogP contribution in [0.15, 0.2) is 0 Å². The average molecular weight is 304 g/mol. The second kappa shape index (κ2) is 5.23. The molecule has 0 aromatic carbocycles. The Labute approximate surface area is 138 Å². The van der Waals surface area contributed by atoms with Crippen molar-refractivity contribution in [2.75, 3.05) is 14.1 Å². The topological polar surface area (TPSA) is 3.24 Å². The summed E-state index contributed by atoms with van der Waals surface area (Å²) < 4.78 is 0. The summed E-state index contributed by atoms with van der Waals surface area (Å²) in [5.41, 5.74) is 1.31. The van der Waals surface area contributed by atoms with E-state index < -0.39 is 0 Å². The van der Waals surface area contributed by atoms with Crippen LogP contribution >= 0.6 is 0 Å². The smallest absolute Gasteiger partial charge is 0.0131 e. The van der Waals surface area contributed by atoms with Gasteiger partial charge in [-0.1, -0.05) is 33.1 Å². The molecule has 0 amide bonds. The van der Waals surface area contributed by atoms with E-state index in [1.807, 2.05) is 0 Å². The highest BCUT2D eigenvalue weighted by Gasteiger charge is 2.60. The highest BCUT2D eigenvalue weighted by molar-refractivity contribution is 5.11. The van der Waals surface area contributed by atoms with E-state index in [1.54, 1.807) is 19.3 Å². The van der Waals surface area contributed by atoms with Crippen molar-refractivity contribution >= 4 is 0 Å². The quantitative estimate of drug-likeness (QED) is 0.631. The number of fused-ring (bicyclic) bond motifs is 5. The fourth-order valence-electron chi connectivity index (χ4n) is 7.93. The van der Waals surface area contributed by atoms with Gasteiger partial charge in [0.25, 0.3) is 0 Å². The van der Waals surface area contributed by atoms with Crippen LogP contribution in [0.4, 0.5) is 0 Å². The monoisotopic (exact) mass is 303 g/mol. The molecule has 126 valence electrons. The molecule has 22 heavy (non-hydrogen) atoms. The molecule has 0 aliphatic heterocycles. The molecule has 2 unspecified atom stereocenters.